The number of rotatable bonds is 4. The minimum atomic E-state index is -0.533. The number of hydrogen-bond donors (Lipinski definition) is 0. The van der Waals surface area contributed by atoms with E-state index in [4.69, 9.17) is 14.2 Å². The molecule has 28 heavy (non-hydrogen) atoms. The van der Waals surface area contributed by atoms with Crippen LogP contribution in [0.5, 0.6) is 5.75 Å². The van der Waals surface area contributed by atoms with Crippen molar-refractivity contribution in [3.63, 3.8) is 0 Å². The van der Waals surface area contributed by atoms with Gasteiger partial charge in [-0.05, 0) is 32.9 Å². The molecule has 1 unspecified atom stereocenters. The highest BCUT2D eigenvalue weighted by molar-refractivity contribution is 5.69. The molecule has 0 N–H and O–H groups in total. The number of ether oxygens (including phenoxy) is 3. The monoisotopic (exact) mass is 393 g/mol. The number of nitro groups is 1. The zero-order valence-electron chi connectivity index (χ0n) is 16.6. The summed E-state index contributed by atoms with van der Waals surface area (Å²) in [5.41, 5.74) is 0.152. The number of nitrogens with zero attached hydrogens (tertiary/aromatic N) is 3. The van der Waals surface area contributed by atoms with Crippen molar-refractivity contribution in [1.82, 2.24) is 4.90 Å². The van der Waals surface area contributed by atoms with Crippen LogP contribution in [0.2, 0.25) is 0 Å². The third kappa shape index (κ3) is 5.03. The molecule has 1 amide bonds. The molecule has 3 rings (SSSR count). The summed E-state index contributed by atoms with van der Waals surface area (Å²) in [5, 5.41) is 11.5. The summed E-state index contributed by atoms with van der Waals surface area (Å²) < 4.78 is 16.4. The summed E-state index contributed by atoms with van der Waals surface area (Å²) >= 11 is 0. The van der Waals surface area contributed by atoms with Crippen molar-refractivity contribution in [3.05, 3.63) is 28.3 Å². The Morgan fingerprint density at radius 1 is 1.25 bits per heavy atom. The molecule has 2 saturated heterocycles. The second-order valence-electron chi connectivity index (χ2n) is 7.97. The SMILES string of the molecule is CC(C)(C)OC(=O)N1CCN(c2ccc(OC3CCOC3)c([N+](=O)[O-])c2)CC1. The van der Waals surface area contributed by atoms with Gasteiger partial charge in [-0.25, -0.2) is 4.79 Å². The first-order valence-corrected chi connectivity index (χ1v) is 9.48. The van der Waals surface area contributed by atoms with Crippen LogP contribution in [0.15, 0.2) is 18.2 Å². The maximum absolute atomic E-state index is 12.2. The lowest BCUT2D eigenvalue weighted by atomic mass is 10.2. The Hall–Kier alpha value is -2.55. The summed E-state index contributed by atoms with van der Waals surface area (Å²) in [5.74, 6) is 0.261. The third-order valence-corrected chi connectivity index (χ3v) is 4.62. The Balaban J connectivity index is 1.65. The largest absolute Gasteiger partial charge is 0.481 e. The van der Waals surface area contributed by atoms with Crippen molar-refractivity contribution in [2.45, 2.75) is 38.9 Å². The van der Waals surface area contributed by atoms with Crippen molar-refractivity contribution in [1.29, 1.82) is 0 Å². The first-order chi connectivity index (χ1) is 13.2. The Bertz CT molecular complexity index is 719. The van der Waals surface area contributed by atoms with Gasteiger partial charge in [0.25, 0.3) is 0 Å². The third-order valence-electron chi connectivity index (χ3n) is 4.62. The lowest BCUT2D eigenvalue weighted by Crippen LogP contribution is -2.50. The molecule has 2 heterocycles. The zero-order valence-corrected chi connectivity index (χ0v) is 16.6. The van der Waals surface area contributed by atoms with E-state index in [1.807, 2.05) is 31.7 Å². The van der Waals surface area contributed by atoms with Crippen LogP contribution in [0.4, 0.5) is 16.2 Å². The summed E-state index contributed by atoms with van der Waals surface area (Å²) in [4.78, 5) is 26.9. The Morgan fingerprint density at radius 2 is 1.96 bits per heavy atom. The second-order valence-corrected chi connectivity index (χ2v) is 7.97. The minimum Gasteiger partial charge on any atom is -0.481 e. The molecular weight excluding hydrogens is 366 g/mol. The molecule has 2 fully saturated rings. The molecule has 1 aromatic rings. The molecule has 9 heteroatoms. The number of anilines is 1. The Kier molecular flexibility index (Phi) is 5.93. The molecule has 2 aliphatic heterocycles. The van der Waals surface area contributed by atoms with Crippen molar-refractivity contribution >= 4 is 17.5 Å². The smallest absolute Gasteiger partial charge is 0.410 e. The van der Waals surface area contributed by atoms with Gasteiger partial charge in [0.15, 0.2) is 5.75 Å². The van der Waals surface area contributed by atoms with Crippen LogP contribution in [0, 0.1) is 10.1 Å². The number of hydrogen-bond acceptors (Lipinski definition) is 7. The van der Waals surface area contributed by atoms with Crippen LogP contribution in [0.25, 0.3) is 0 Å². The molecule has 9 nitrogen and oxygen atoms in total. The molecule has 0 aliphatic carbocycles. The molecule has 0 spiro atoms. The van der Waals surface area contributed by atoms with E-state index in [9.17, 15) is 14.9 Å². The van der Waals surface area contributed by atoms with Crippen LogP contribution >= 0.6 is 0 Å². The van der Waals surface area contributed by atoms with E-state index in [1.165, 1.54) is 6.07 Å². The highest BCUT2D eigenvalue weighted by Crippen LogP contribution is 2.33. The van der Waals surface area contributed by atoms with Crippen molar-refractivity contribution < 1.29 is 23.9 Å². The Morgan fingerprint density at radius 3 is 2.54 bits per heavy atom. The summed E-state index contributed by atoms with van der Waals surface area (Å²) in [7, 11) is 0. The molecule has 1 atom stereocenters. The van der Waals surface area contributed by atoms with Crippen LogP contribution < -0.4 is 9.64 Å². The highest BCUT2D eigenvalue weighted by atomic mass is 16.6. The topological polar surface area (TPSA) is 94.4 Å². The van der Waals surface area contributed by atoms with Gasteiger partial charge in [0.05, 0.1) is 18.1 Å². The van der Waals surface area contributed by atoms with E-state index in [0.717, 1.165) is 12.1 Å². The number of nitro benzene ring substituents is 1. The predicted molar refractivity (Wildman–Crippen MR) is 103 cm³/mol. The Labute approximate surface area is 164 Å². The molecule has 0 radical (unpaired) electrons. The maximum atomic E-state index is 12.2. The number of piperazine rings is 1. The quantitative estimate of drug-likeness (QED) is 0.573. The van der Waals surface area contributed by atoms with Crippen molar-refractivity contribution in [2.24, 2.45) is 0 Å². The average molecular weight is 393 g/mol. The number of carbonyl (C=O) groups is 1. The number of amides is 1. The second kappa shape index (κ2) is 8.22. The molecule has 0 aromatic heterocycles. The van der Waals surface area contributed by atoms with Gasteiger partial charge in [0, 0.05) is 44.4 Å². The van der Waals surface area contributed by atoms with Crippen LogP contribution in [0.1, 0.15) is 27.2 Å². The molecule has 0 bridgehead atoms. The van der Waals surface area contributed by atoms with Gasteiger partial charge in [0.2, 0.25) is 0 Å². The fraction of sp³-hybridized carbons (Fsp3) is 0.632. The highest BCUT2D eigenvalue weighted by Gasteiger charge is 2.28. The van der Waals surface area contributed by atoms with Gasteiger partial charge in [-0.15, -0.1) is 0 Å². The first-order valence-electron chi connectivity index (χ1n) is 9.48. The number of carbonyl (C=O) groups excluding carboxylic acids is 1. The molecule has 1 aromatic carbocycles. The van der Waals surface area contributed by atoms with E-state index in [-0.39, 0.29) is 23.6 Å². The van der Waals surface area contributed by atoms with Gasteiger partial charge in [-0.2, -0.15) is 0 Å². The molecular formula is C19H27N3O6. The van der Waals surface area contributed by atoms with Crippen LogP contribution in [0.3, 0.4) is 0 Å². The summed E-state index contributed by atoms with van der Waals surface area (Å²) in [6.07, 6.45) is 0.244. The minimum absolute atomic E-state index is 0.0565. The van der Waals surface area contributed by atoms with Crippen LogP contribution in [-0.2, 0) is 9.47 Å². The van der Waals surface area contributed by atoms with Gasteiger partial charge in [0.1, 0.15) is 11.7 Å². The van der Waals surface area contributed by atoms with E-state index in [1.54, 1.807) is 11.0 Å². The lowest BCUT2D eigenvalue weighted by molar-refractivity contribution is -0.386. The molecule has 0 saturated carbocycles. The zero-order chi connectivity index (χ0) is 20.3. The van der Waals surface area contributed by atoms with Crippen LogP contribution in [-0.4, -0.2) is 67.0 Å². The maximum Gasteiger partial charge on any atom is 0.410 e. The van der Waals surface area contributed by atoms with Gasteiger partial charge in [-0.1, -0.05) is 0 Å². The summed E-state index contributed by atoms with van der Waals surface area (Å²) in [6, 6.07) is 5.00. The fourth-order valence-electron chi connectivity index (χ4n) is 3.20. The number of benzene rings is 1. The lowest BCUT2D eigenvalue weighted by Gasteiger charge is -2.36. The van der Waals surface area contributed by atoms with E-state index in [0.29, 0.717) is 39.4 Å². The molecule has 2 aliphatic rings. The van der Waals surface area contributed by atoms with Crippen molar-refractivity contribution in [2.75, 3.05) is 44.3 Å². The predicted octanol–water partition coefficient (Wildman–Crippen LogP) is 2.82. The van der Waals surface area contributed by atoms with E-state index in [2.05, 4.69) is 0 Å². The van der Waals surface area contributed by atoms with Gasteiger partial charge < -0.3 is 24.0 Å². The van der Waals surface area contributed by atoms with E-state index >= 15 is 0 Å². The fourth-order valence-corrected chi connectivity index (χ4v) is 3.20. The standard InChI is InChI=1S/C19H27N3O6/c1-19(2,3)28-18(23)21-9-7-20(8-10-21)14-4-5-17(16(12-14)22(24)25)27-15-6-11-26-13-15/h4-5,12,15H,6-11,13H2,1-3H3. The normalized spacial score (nSPS) is 20.2. The molecule has 154 valence electrons. The average Bonchev–Trinajstić information content (AvgIpc) is 3.13. The van der Waals surface area contributed by atoms with E-state index < -0.39 is 10.5 Å². The van der Waals surface area contributed by atoms with Crippen molar-refractivity contribution in [3.8, 4) is 5.75 Å². The first kappa shape index (κ1) is 20.2. The summed E-state index contributed by atoms with van der Waals surface area (Å²) in [6.45, 7) is 8.72. The van der Waals surface area contributed by atoms with Gasteiger partial charge in [-0.3, -0.25) is 10.1 Å². The van der Waals surface area contributed by atoms with Gasteiger partial charge >= 0.3 is 11.8 Å².